The van der Waals surface area contributed by atoms with Gasteiger partial charge in [-0.3, -0.25) is 9.59 Å². The van der Waals surface area contributed by atoms with Gasteiger partial charge < -0.3 is 9.80 Å². The highest BCUT2D eigenvalue weighted by molar-refractivity contribution is 6.09. The van der Waals surface area contributed by atoms with E-state index in [1.165, 1.54) is 0 Å². The van der Waals surface area contributed by atoms with Crippen molar-refractivity contribution in [3.8, 4) is 0 Å². The second-order valence-corrected chi connectivity index (χ2v) is 4.58. The molecule has 2 aliphatic heterocycles. The Labute approximate surface area is 105 Å². The van der Waals surface area contributed by atoms with Crippen LogP contribution in [0.15, 0.2) is 30.5 Å². The molecule has 0 unspecified atom stereocenters. The topological polar surface area (TPSA) is 40.6 Å². The zero-order valence-corrected chi connectivity index (χ0v) is 10.2. The largest absolute Gasteiger partial charge is 0.317 e. The number of benzene rings is 1. The second-order valence-electron chi connectivity index (χ2n) is 4.58. The van der Waals surface area contributed by atoms with Crippen molar-refractivity contribution in [3.63, 3.8) is 0 Å². The first-order valence-electron chi connectivity index (χ1n) is 6.09. The van der Waals surface area contributed by atoms with Crippen molar-refractivity contribution < 1.29 is 9.59 Å². The number of carbonyl (C=O) groups is 2. The fourth-order valence-corrected chi connectivity index (χ4v) is 2.51. The number of fused-ring (bicyclic) bond motifs is 3. The van der Waals surface area contributed by atoms with Gasteiger partial charge in [0.05, 0.1) is 5.70 Å². The van der Waals surface area contributed by atoms with Gasteiger partial charge in [0.25, 0.3) is 5.91 Å². The van der Waals surface area contributed by atoms with Gasteiger partial charge in [-0.05, 0) is 12.5 Å². The van der Waals surface area contributed by atoms with Gasteiger partial charge in [-0.15, -0.1) is 0 Å². The van der Waals surface area contributed by atoms with Gasteiger partial charge in [0.15, 0.2) is 0 Å². The summed E-state index contributed by atoms with van der Waals surface area (Å²) in [7, 11) is 0. The lowest BCUT2D eigenvalue weighted by atomic mass is 10.1. The molecule has 0 spiro atoms. The van der Waals surface area contributed by atoms with Crippen LogP contribution in [0.2, 0.25) is 0 Å². The molecule has 0 fully saturated rings. The Bertz CT molecular complexity index is 563. The molecule has 0 bridgehead atoms. The highest BCUT2D eigenvalue weighted by Crippen LogP contribution is 2.34. The SMILES string of the molecule is CC(=O)N1C=C2c3ccccc3C(=O)N2CCC1. The molecule has 0 radical (unpaired) electrons. The van der Waals surface area contributed by atoms with Gasteiger partial charge in [-0.25, -0.2) is 0 Å². The van der Waals surface area contributed by atoms with Crippen molar-refractivity contribution in [2.45, 2.75) is 13.3 Å². The number of carbonyl (C=O) groups excluding carboxylic acids is 2. The Balaban J connectivity index is 2.13. The summed E-state index contributed by atoms with van der Waals surface area (Å²) in [6, 6.07) is 7.56. The summed E-state index contributed by atoms with van der Waals surface area (Å²) in [5.41, 5.74) is 2.51. The monoisotopic (exact) mass is 242 g/mol. The molecule has 0 saturated carbocycles. The van der Waals surface area contributed by atoms with E-state index in [1.54, 1.807) is 22.9 Å². The molecule has 1 aromatic rings. The lowest BCUT2D eigenvalue weighted by molar-refractivity contribution is -0.126. The summed E-state index contributed by atoms with van der Waals surface area (Å²) in [4.78, 5) is 27.2. The summed E-state index contributed by atoms with van der Waals surface area (Å²) >= 11 is 0. The van der Waals surface area contributed by atoms with Crippen LogP contribution in [-0.4, -0.2) is 34.7 Å². The molecule has 2 amide bonds. The minimum Gasteiger partial charge on any atom is -0.317 e. The third-order valence-electron chi connectivity index (χ3n) is 3.43. The predicted octanol–water partition coefficient (Wildman–Crippen LogP) is 1.69. The van der Waals surface area contributed by atoms with Crippen molar-refractivity contribution in [2.75, 3.05) is 13.1 Å². The van der Waals surface area contributed by atoms with Crippen molar-refractivity contribution in [3.05, 3.63) is 41.6 Å². The van der Waals surface area contributed by atoms with E-state index in [0.29, 0.717) is 13.1 Å². The number of amides is 2. The van der Waals surface area contributed by atoms with Crippen LogP contribution in [-0.2, 0) is 4.79 Å². The molecule has 4 heteroatoms. The molecule has 2 aliphatic rings. The summed E-state index contributed by atoms with van der Waals surface area (Å²) in [6.45, 7) is 2.89. The second kappa shape index (κ2) is 3.98. The summed E-state index contributed by atoms with van der Waals surface area (Å²) in [5.74, 6) is 0.0587. The summed E-state index contributed by atoms with van der Waals surface area (Å²) in [6.07, 6.45) is 2.61. The smallest absolute Gasteiger partial charge is 0.259 e. The fraction of sp³-hybridized carbons (Fsp3) is 0.286. The number of hydrogen-bond donors (Lipinski definition) is 0. The Morgan fingerprint density at radius 3 is 2.61 bits per heavy atom. The number of nitrogens with zero attached hydrogens (tertiary/aromatic N) is 2. The molecule has 2 heterocycles. The molecule has 0 aromatic heterocycles. The van der Waals surface area contributed by atoms with Crippen LogP contribution in [0.1, 0.15) is 29.3 Å². The van der Waals surface area contributed by atoms with Crippen LogP contribution >= 0.6 is 0 Å². The quantitative estimate of drug-likeness (QED) is 0.694. The zero-order valence-electron chi connectivity index (χ0n) is 10.2. The maximum absolute atomic E-state index is 12.2. The van der Waals surface area contributed by atoms with E-state index < -0.39 is 0 Å². The average molecular weight is 242 g/mol. The van der Waals surface area contributed by atoms with Crippen LogP contribution < -0.4 is 0 Å². The van der Waals surface area contributed by atoms with Crippen LogP contribution in [0.3, 0.4) is 0 Å². The number of rotatable bonds is 0. The third kappa shape index (κ3) is 1.53. The molecular weight excluding hydrogens is 228 g/mol. The maximum Gasteiger partial charge on any atom is 0.259 e. The Kier molecular flexibility index (Phi) is 2.44. The van der Waals surface area contributed by atoms with Crippen LogP contribution in [0.25, 0.3) is 5.70 Å². The predicted molar refractivity (Wildman–Crippen MR) is 67.5 cm³/mol. The lowest BCUT2D eigenvalue weighted by Gasteiger charge is -2.15. The Morgan fingerprint density at radius 2 is 1.89 bits per heavy atom. The Hall–Kier alpha value is -2.10. The van der Waals surface area contributed by atoms with Gasteiger partial charge >= 0.3 is 0 Å². The summed E-state index contributed by atoms with van der Waals surface area (Å²) in [5, 5.41) is 0. The molecule has 0 saturated heterocycles. The molecule has 1 aromatic carbocycles. The zero-order chi connectivity index (χ0) is 12.7. The van der Waals surface area contributed by atoms with Gasteiger partial charge in [0, 0.05) is 37.3 Å². The molecule has 92 valence electrons. The molecular formula is C14H14N2O2. The fourth-order valence-electron chi connectivity index (χ4n) is 2.51. The van der Waals surface area contributed by atoms with E-state index in [1.807, 2.05) is 24.3 Å². The van der Waals surface area contributed by atoms with Gasteiger partial charge in [0.2, 0.25) is 5.91 Å². The van der Waals surface area contributed by atoms with Crippen molar-refractivity contribution in [1.29, 1.82) is 0 Å². The van der Waals surface area contributed by atoms with Crippen LogP contribution in [0.5, 0.6) is 0 Å². The summed E-state index contributed by atoms with van der Waals surface area (Å²) < 4.78 is 0. The lowest BCUT2D eigenvalue weighted by Crippen LogP contribution is -2.24. The first-order chi connectivity index (χ1) is 8.68. The standard InChI is InChI=1S/C14H14N2O2/c1-10(17)15-7-4-8-16-13(9-15)11-5-2-3-6-12(11)14(16)18/h2-3,5-6,9H,4,7-8H2,1H3. The van der Waals surface area contributed by atoms with Crippen molar-refractivity contribution >= 4 is 17.5 Å². The highest BCUT2D eigenvalue weighted by Gasteiger charge is 2.33. The van der Waals surface area contributed by atoms with E-state index >= 15 is 0 Å². The van der Waals surface area contributed by atoms with Crippen molar-refractivity contribution in [1.82, 2.24) is 9.80 Å². The van der Waals surface area contributed by atoms with Crippen LogP contribution in [0, 0.1) is 0 Å². The van der Waals surface area contributed by atoms with Crippen LogP contribution in [0.4, 0.5) is 0 Å². The molecule has 3 rings (SSSR count). The van der Waals surface area contributed by atoms with Gasteiger partial charge in [-0.2, -0.15) is 0 Å². The van der Waals surface area contributed by atoms with E-state index in [9.17, 15) is 9.59 Å². The molecule has 0 atom stereocenters. The minimum atomic E-state index is 0.0150. The molecule has 0 aliphatic carbocycles. The molecule has 18 heavy (non-hydrogen) atoms. The number of hydrogen-bond acceptors (Lipinski definition) is 2. The van der Waals surface area contributed by atoms with Crippen molar-refractivity contribution in [2.24, 2.45) is 0 Å². The first-order valence-corrected chi connectivity index (χ1v) is 6.09. The maximum atomic E-state index is 12.2. The van der Waals surface area contributed by atoms with E-state index in [0.717, 1.165) is 23.2 Å². The molecule has 4 nitrogen and oxygen atoms in total. The van der Waals surface area contributed by atoms with E-state index in [4.69, 9.17) is 0 Å². The van der Waals surface area contributed by atoms with Gasteiger partial charge in [0.1, 0.15) is 0 Å². The minimum absolute atomic E-state index is 0.0150. The highest BCUT2D eigenvalue weighted by atomic mass is 16.2. The van der Waals surface area contributed by atoms with E-state index in [2.05, 4.69) is 0 Å². The third-order valence-corrected chi connectivity index (χ3v) is 3.43. The van der Waals surface area contributed by atoms with E-state index in [-0.39, 0.29) is 11.8 Å². The normalized spacial score (nSPS) is 18.1. The average Bonchev–Trinajstić information content (AvgIpc) is 2.56. The Morgan fingerprint density at radius 1 is 1.17 bits per heavy atom. The first kappa shape index (κ1) is 11.0. The molecule has 0 N–H and O–H groups in total. The van der Waals surface area contributed by atoms with Gasteiger partial charge in [-0.1, -0.05) is 18.2 Å².